The van der Waals surface area contributed by atoms with Gasteiger partial charge in [0.15, 0.2) is 5.82 Å². The summed E-state index contributed by atoms with van der Waals surface area (Å²) in [6.45, 7) is 6.81. The maximum atomic E-state index is 5.13. The van der Waals surface area contributed by atoms with E-state index in [9.17, 15) is 0 Å². The molecule has 1 rings (SSSR count). The fourth-order valence-corrected chi connectivity index (χ4v) is 0.760. The molecule has 0 saturated carbocycles. The zero-order valence-electron chi connectivity index (χ0n) is 7.12. The molecule has 0 unspecified atom stereocenters. The Hall–Kier alpha value is -1.16. The number of hydrogen-bond donors (Lipinski definition) is 0. The highest BCUT2D eigenvalue weighted by Crippen LogP contribution is 1.98. The molecule has 1 aromatic rings. The Kier molecular flexibility index (Phi) is 3.47. The third-order valence-corrected chi connectivity index (χ3v) is 1.33. The van der Waals surface area contributed by atoms with Gasteiger partial charge in [-0.2, -0.15) is 4.98 Å². The Morgan fingerprint density at radius 2 is 2.50 bits per heavy atom. The number of nitrogens with zero attached hydrogens (tertiary/aromatic N) is 2. The maximum Gasteiger partial charge on any atom is 0.250 e. The quantitative estimate of drug-likeness (QED) is 0.621. The van der Waals surface area contributed by atoms with Crippen LogP contribution in [0.2, 0.25) is 0 Å². The minimum atomic E-state index is 0.460. The van der Waals surface area contributed by atoms with E-state index in [2.05, 4.69) is 16.7 Å². The molecule has 0 aliphatic carbocycles. The number of rotatable bonds is 5. The van der Waals surface area contributed by atoms with Crippen molar-refractivity contribution in [3.63, 3.8) is 0 Å². The molecule has 0 N–H and O–H groups in total. The average Bonchev–Trinajstić information content (AvgIpc) is 2.53. The lowest BCUT2D eigenvalue weighted by Crippen LogP contribution is -1.99. The largest absolute Gasteiger partial charge is 0.381 e. The molecule has 0 amide bonds. The number of aromatic nitrogens is 2. The van der Waals surface area contributed by atoms with Crippen molar-refractivity contribution in [3.05, 3.63) is 18.3 Å². The van der Waals surface area contributed by atoms with Crippen LogP contribution in [0.1, 0.15) is 18.6 Å². The molecule has 0 aromatic carbocycles. The van der Waals surface area contributed by atoms with Crippen LogP contribution in [-0.2, 0) is 11.2 Å². The summed E-state index contributed by atoms with van der Waals surface area (Å²) in [5.74, 6) is 1.12. The van der Waals surface area contributed by atoms with Crippen LogP contribution in [-0.4, -0.2) is 23.4 Å². The molecule has 0 atom stereocenters. The van der Waals surface area contributed by atoms with Crippen LogP contribution >= 0.6 is 0 Å². The normalized spacial score (nSPS) is 10.1. The van der Waals surface area contributed by atoms with Crippen LogP contribution in [0.15, 0.2) is 11.1 Å². The lowest BCUT2D eigenvalue weighted by atomic mass is 10.4. The first kappa shape index (κ1) is 8.93. The summed E-state index contributed by atoms with van der Waals surface area (Å²) in [4.78, 5) is 4.02. The SMILES string of the molecule is C=Cc1nc(CCOCC)no1. The molecule has 1 heterocycles. The third kappa shape index (κ3) is 2.47. The van der Waals surface area contributed by atoms with Crippen molar-refractivity contribution in [1.82, 2.24) is 10.1 Å². The average molecular weight is 168 g/mol. The van der Waals surface area contributed by atoms with E-state index in [4.69, 9.17) is 9.26 Å². The molecule has 0 aliphatic rings. The second kappa shape index (κ2) is 4.66. The zero-order chi connectivity index (χ0) is 8.81. The predicted octanol–water partition coefficient (Wildman–Crippen LogP) is 1.29. The van der Waals surface area contributed by atoms with Crippen molar-refractivity contribution < 1.29 is 9.26 Å². The van der Waals surface area contributed by atoms with Gasteiger partial charge in [0.05, 0.1) is 6.61 Å². The van der Waals surface area contributed by atoms with Crippen molar-refractivity contribution in [1.29, 1.82) is 0 Å². The van der Waals surface area contributed by atoms with E-state index in [1.54, 1.807) is 0 Å². The lowest BCUT2D eigenvalue weighted by molar-refractivity contribution is 0.149. The molecule has 1 aromatic heterocycles. The predicted molar refractivity (Wildman–Crippen MR) is 44.6 cm³/mol. The molecular weight excluding hydrogens is 156 g/mol. The Morgan fingerprint density at radius 1 is 1.67 bits per heavy atom. The summed E-state index contributed by atoms with van der Waals surface area (Å²) in [6.07, 6.45) is 2.21. The molecule has 66 valence electrons. The topological polar surface area (TPSA) is 48.2 Å². The number of ether oxygens (including phenoxy) is 1. The molecule has 0 spiro atoms. The highest BCUT2D eigenvalue weighted by molar-refractivity contribution is 5.32. The summed E-state index contributed by atoms with van der Waals surface area (Å²) in [5, 5.41) is 3.72. The summed E-state index contributed by atoms with van der Waals surface area (Å²) < 4.78 is 9.94. The highest BCUT2D eigenvalue weighted by atomic mass is 16.5. The molecule has 0 radical (unpaired) electrons. The van der Waals surface area contributed by atoms with E-state index in [1.165, 1.54) is 6.08 Å². The second-order valence-corrected chi connectivity index (χ2v) is 2.20. The van der Waals surface area contributed by atoms with Crippen LogP contribution in [0.4, 0.5) is 0 Å². The van der Waals surface area contributed by atoms with Crippen molar-refractivity contribution in [2.45, 2.75) is 13.3 Å². The zero-order valence-corrected chi connectivity index (χ0v) is 7.12. The van der Waals surface area contributed by atoms with Crippen molar-refractivity contribution in [3.8, 4) is 0 Å². The van der Waals surface area contributed by atoms with Gasteiger partial charge in [0.1, 0.15) is 0 Å². The van der Waals surface area contributed by atoms with E-state index in [1.807, 2.05) is 6.92 Å². The number of hydrogen-bond acceptors (Lipinski definition) is 4. The second-order valence-electron chi connectivity index (χ2n) is 2.20. The highest BCUT2D eigenvalue weighted by Gasteiger charge is 2.01. The molecule has 0 fully saturated rings. The molecular formula is C8H12N2O2. The van der Waals surface area contributed by atoms with Gasteiger partial charge in [-0.1, -0.05) is 11.7 Å². The summed E-state index contributed by atoms with van der Waals surface area (Å²) in [7, 11) is 0. The minimum Gasteiger partial charge on any atom is -0.381 e. The van der Waals surface area contributed by atoms with Gasteiger partial charge >= 0.3 is 0 Å². The van der Waals surface area contributed by atoms with E-state index in [-0.39, 0.29) is 0 Å². The van der Waals surface area contributed by atoms with Crippen LogP contribution < -0.4 is 0 Å². The maximum absolute atomic E-state index is 5.13. The Labute approximate surface area is 71.2 Å². The van der Waals surface area contributed by atoms with Crippen LogP contribution in [0.5, 0.6) is 0 Å². The standard InChI is InChI=1S/C8H12N2O2/c1-3-8-9-7(10-12-8)5-6-11-4-2/h3H,1,4-6H2,2H3. The molecule has 12 heavy (non-hydrogen) atoms. The van der Waals surface area contributed by atoms with Gasteiger partial charge in [-0.25, -0.2) is 0 Å². The van der Waals surface area contributed by atoms with Crippen molar-refractivity contribution in [2.75, 3.05) is 13.2 Å². The Bertz CT molecular complexity index is 245. The minimum absolute atomic E-state index is 0.460. The smallest absolute Gasteiger partial charge is 0.250 e. The van der Waals surface area contributed by atoms with Crippen LogP contribution in [0.25, 0.3) is 6.08 Å². The van der Waals surface area contributed by atoms with E-state index < -0.39 is 0 Å². The Morgan fingerprint density at radius 3 is 3.08 bits per heavy atom. The fraction of sp³-hybridized carbons (Fsp3) is 0.500. The van der Waals surface area contributed by atoms with Gasteiger partial charge in [0.25, 0.3) is 0 Å². The monoisotopic (exact) mass is 168 g/mol. The van der Waals surface area contributed by atoms with Crippen LogP contribution in [0.3, 0.4) is 0 Å². The summed E-state index contributed by atoms with van der Waals surface area (Å²) in [6, 6.07) is 0. The van der Waals surface area contributed by atoms with Gasteiger partial charge in [-0.15, -0.1) is 0 Å². The molecule has 0 saturated heterocycles. The first-order valence-electron chi connectivity index (χ1n) is 3.89. The molecule has 0 bridgehead atoms. The van der Waals surface area contributed by atoms with Gasteiger partial charge < -0.3 is 9.26 Å². The first-order chi connectivity index (χ1) is 5.86. The van der Waals surface area contributed by atoms with Crippen molar-refractivity contribution in [2.24, 2.45) is 0 Å². The van der Waals surface area contributed by atoms with E-state index in [0.29, 0.717) is 31.3 Å². The summed E-state index contributed by atoms with van der Waals surface area (Å²) >= 11 is 0. The van der Waals surface area contributed by atoms with Gasteiger partial charge in [-0.05, 0) is 13.0 Å². The van der Waals surface area contributed by atoms with Gasteiger partial charge in [0.2, 0.25) is 5.89 Å². The Balaban J connectivity index is 2.36. The fourth-order valence-electron chi connectivity index (χ4n) is 0.760. The van der Waals surface area contributed by atoms with Gasteiger partial charge in [0, 0.05) is 13.0 Å². The van der Waals surface area contributed by atoms with Crippen molar-refractivity contribution >= 4 is 6.08 Å². The molecule has 0 aliphatic heterocycles. The molecule has 4 nitrogen and oxygen atoms in total. The van der Waals surface area contributed by atoms with Gasteiger partial charge in [-0.3, -0.25) is 0 Å². The summed E-state index contributed by atoms with van der Waals surface area (Å²) in [5.41, 5.74) is 0. The van der Waals surface area contributed by atoms with Crippen LogP contribution in [0, 0.1) is 0 Å². The first-order valence-corrected chi connectivity index (χ1v) is 3.89. The molecule has 4 heteroatoms. The van der Waals surface area contributed by atoms with E-state index >= 15 is 0 Å². The van der Waals surface area contributed by atoms with E-state index in [0.717, 1.165) is 0 Å². The third-order valence-electron chi connectivity index (χ3n) is 1.33. The lowest BCUT2D eigenvalue weighted by Gasteiger charge is -1.94.